The van der Waals surface area contributed by atoms with E-state index in [2.05, 4.69) is 10.0 Å². The van der Waals surface area contributed by atoms with Crippen molar-refractivity contribution in [1.29, 1.82) is 0 Å². The van der Waals surface area contributed by atoms with Crippen LogP contribution in [-0.2, 0) is 19.6 Å². The van der Waals surface area contributed by atoms with Crippen molar-refractivity contribution in [2.24, 2.45) is 0 Å². The van der Waals surface area contributed by atoms with E-state index in [1.54, 1.807) is 49.4 Å². The van der Waals surface area contributed by atoms with E-state index in [0.29, 0.717) is 16.8 Å². The topological polar surface area (TPSA) is 84.5 Å². The fraction of sp³-hybridized carbons (Fsp3) is 0.167. The molecule has 33 heavy (non-hydrogen) atoms. The molecule has 0 heterocycles. The third-order valence-corrected chi connectivity index (χ3v) is 6.42. The maximum Gasteiger partial charge on any atom is 0.307 e. The van der Waals surface area contributed by atoms with E-state index in [-0.39, 0.29) is 22.4 Å². The van der Waals surface area contributed by atoms with Gasteiger partial charge in [0.05, 0.1) is 24.0 Å². The van der Waals surface area contributed by atoms with Gasteiger partial charge in [0.25, 0.3) is 0 Å². The molecule has 3 aromatic carbocycles. The summed E-state index contributed by atoms with van der Waals surface area (Å²) in [6.45, 7) is 1.92. The Hall–Kier alpha value is -2.78. The second kappa shape index (κ2) is 11.4. The number of nitrogens with one attached hydrogen (secondary N) is 2. The van der Waals surface area contributed by atoms with Gasteiger partial charge in [-0.2, -0.15) is 0 Å². The molecule has 0 aliphatic heterocycles. The average Bonchev–Trinajstić information content (AvgIpc) is 2.79. The van der Waals surface area contributed by atoms with Crippen molar-refractivity contribution < 1.29 is 17.9 Å². The molecule has 2 N–H and O–H groups in total. The molecule has 0 saturated carbocycles. The number of ether oxygens (including phenoxy) is 1. The number of rotatable bonds is 9. The summed E-state index contributed by atoms with van der Waals surface area (Å²) in [5, 5.41) is 2.86. The van der Waals surface area contributed by atoms with Gasteiger partial charge in [0.1, 0.15) is 0 Å². The van der Waals surface area contributed by atoms with Crippen LogP contribution in [0.15, 0.2) is 83.8 Å². The predicted octanol–water partition coefficient (Wildman–Crippen LogP) is 5.26. The van der Waals surface area contributed by atoms with Gasteiger partial charge in [-0.15, -0.1) is 0 Å². The molecular weight excluding hydrogens is 480 g/mol. The molecule has 0 aliphatic carbocycles. The van der Waals surface area contributed by atoms with Crippen LogP contribution in [0.2, 0.25) is 0 Å². The van der Waals surface area contributed by atoms with Crippen LogP contribution in [0.1, 0.15) is 24.9 Å². The summed E-state index contributed by atoms with van der Waals surface area (Å²) < 4.78 is 34.3. The molecule has 0 spiro atoms. The van der Waals surface area contributed by atoms with Crippen LogP contribution in [0.3, 0.4) is 0 Å². The summed E-state index contributed by atoms with van der Waals surface area (Å²) in [5.41, 5.74) is 2.85. The number of anilines is 1. The summed E-state index contributed by atoms with van der Waals surface area (Å²) in [6, 6.07) is 22.0. The number of thiocarbonyl (C=S) groups is 1. The van der Waals surface area contributed by atoms with Crippen molar-refractivity contribution in [3.8, 4) is 11.1 Å². The zero-order chi connectivity index (χ0) is 23.8. The number of hydrogen-bond acceptors (Lipinski definition) is 5. The standard InChI is InChI=1S/C24H23ClN2O4S2/c1-2-31-23(28)16-22(17-8-4-3-5-9-17)27-33(29,30)21-13-7-11-19(15-21)18-10-6-12-20(14-18)26-24(25)32/h3-15,22,27H,2,16H2,1H3,(H,26,32). The Morgan fingerprint density at radius 3 is 2.33 bits per heavy atom. The highest BCUT2D eigenvalue weighted by Crippen LogP contribution is 2.27. The Morgan fingerprint density at radius 2 is 1.67 bits per heavy atom. The molecule has 6 nitrogen and oxygen atoms in total. The SMILES string of the molecule is CCOC(=O)CC(NS(=O)(=O)c1cccc(-c2cccc(NC(=S)Cl)c2)c1)c1ccccc1. The fourth-order valence-electron chi connectivity index (χ4n) is 3.29. The highest BCUT2D eigenvalue weighted by atomic mass is 35.5. The van der Waals surface area contributed by atoms with Crippen LogP contribution in [0.4, 0.5) is 5.69 Å². The summed E-state index contributed by atoms with van der Waals surface area (Å²) in [7, 11) is -3.94. The Bertz CT molecular complexity index is 1230. The molecule has 0 radical (unpaired) electrons. The van der Waals surface area contributed by atoms with Crippen molar-refractivity contribution in [2.45, 2.75) is 24.3 Å². The van der Waals surface area contributed by atoms with E-state index in [0.717, 1.165) is 5.56 Å². The number of hydrogen-bond donors (Lipinski definition) is 2. The lowest BCUT2D eigenvalue weighted by atomic mass is 10.1. The number of benzene rings is 3. The van der Waals surface area contributed by atoms with Crippen molar-refractivity contribution in [1.82, 2.24) is 4.72 Å². The van der Waals surface area contributed by atoms with Gasteiger partial charge in [0.15, 0.2) is 4.45 Å². The largest absolute Gasteiger partial charge is 0.466 e. The van der Waals surface area contributed by atoms with Crippen LogP contribution in [0.25, 0.3) is 11.1 Å². The minimum atomic E-state index is -3.94. The van der Waals surface area contributed by atoms with Gasteiger partial charge in [-0.3, -0.25) is 4.79 Å². The minimum absolute atomic E-state index is 0.0796. The molecule has 3 rings (SSSR count). The Labute approximate surface area is 204 Å². The van der Waals surface area contributed by atoms with Crippen LogP contribution >= 0.6 is 23.8 Å². The van der Waals surface area contributed by atoms with Gasteiger partial charge in [-0.25, -0.2) is 13.1 Å². The number of sulfonamides is 1. The summed E-state index contributed by atoms with van der Waals surface area (Å²) in [6.07, 6.45) is -0.122. The Balaban J connectivity index is 1.90. The van der Waals surface area contributed by atoms with Crippen molar-refractivity contribution in [2.75, 3.05) is 11.9 Å². The quantitative estimate of drug-likeness (QED) is 0.180. The van der Waals surface area contributed by atoms with E-state index in [1.165, 1.54) is 6.07 Å². The number of halogens is 1. The normalized spacial score (nSPS) is 12.1. The molecule has 3 aromatic rings. The fourth-order valence-corrected chi connectivity index (χ4v) is 4.78. The van der Waals surface area contributed by atoms with E-state index in [4.69, 9.17) is 28.6 Å². The number of carbonyl (C=O) groups excluding carboxylic acids is 1. The predicted molar refractivity (Wildman–Crippen MR) is 135 cm³/mol. The highest BCUT2D eigenvalue weighted by Gasteiger charge is 2.24. The average molecular weight is 503 g/mol. The number of esters is 1. The lowest BCUT2D eigenvalue weighted by molar-refractivity contribution is -0.143. The molecule has 0 bridgehead atoms. The molecule has 1 unspecified atom stereocenters. The van der Waals surface area contributed by atoms with Gasteiger partial charge in [0, 0.05) is 5.69 Å². The van der Waals surface area contributed by atoms with E-state index < -0.39 is 22.0 Å². The van der Waals surface area contributed by atoms with Gasteiger partial charge < -0.3 is 10.1 Å². The van der Waals surface area contributed by atoms with Crippen LogP contribution in [0.5, 0.6) is 0 Å². The van der Waals surface area contributed by atoms with Crippen molar-refractivity contribution in [3.63, 3.8) is 0 Å². The molecule has 0 saturated heterocycles. The summed E-state index contributed by atoms with van der Waals surface area (Å²) >= 11 is 10.6. The molecular formula is C24H23ClN2O4S2. The van der Waals surface area contributed by atoms with Gasteiger partial charge in [-0.05, 0) is 60.1 Å². The monoisotopic (exact) mass is 502 g/mol. The third kappa shape index (κ3) is 7.10. The highest BCUT2D eigenvalue weighted by molar-refractivity contribution is 7.89. The van der Waals surface area contributed by atoms with Crippen LogP contribution in [0, 0.1) is 0 Å². The maximum atomic E-state index is 13.2. The Kier molecular flexibility index (Phi) is 8.57. The summed E-state index contributed by atoms with van der Waals surface area (Å²) in [4.78, 5) is 12.2. The first-order chi connectivity index (χ1) is 15.8. The minimum Gasteiger partial charge on any atom is -0.466 e. The van der Waals surface area contributed by atoms with Crippen LogP contribution < -0.4 is 10.0 Å². The lowest BCUT2D eigenvalue weighted by Gasteiger charge is -2.19. The first kappa shape index (κ1) is 24.9. The lowest BCUT2D eigenvalue weighted by Crippen LogP contribution is -2.30. The second-order valence-electron chi connectivity index (χ2n) is 7.10. The molecule has 1 atom stereocenters. The third-order valence-electron chi connectivity index (χ3n) is 4.76. The molecule has 172 valence electrons. The maximum absolute atomic E-state index is 13.2. The number of carbonyl (C=O) groups is 1. The van der Waals surface area contributed by atoms with Gasteiger partial charge >= 0.3 is 5.97 Å². The van der Waals surface area contributed by atoms with Gasteiger partial charge in [0.2, 0.25) is 10.0 Å². The van der Waals surface area contributed by atoms with E-state index >= 15 is 0 Å². The first-order valence-electron chi connectivity index (χ1n) is 10.2. The Morgan fingerprint density at radius 1 is 1.00 bits per heavy atom. The zero-order valence-corrected chi connectivity index (χ0v) is 20.2. The first-order valence-corrected chi connectivity index (χ1v) is 12.5. The molecule has 0 aromatic heterocycles. The zero-order valence-electron chi connectivity index (χ0n) is 17.8. The van der Waals surface area contributed by atoms with E-state index in [1.807, 2.05) is 30.3 Å². The van der Waals surface area contributed by atoms with Crippen LogP contribution in [-0.4, -0.2) is 25.4 Å². The second-order valence-corrected chi connectivity index (χ2v) is 9.83. The van der Waals surface area contributed by atoms with Gasteiger partial charge in [-0.1, -0.05) is 66.2 Å². The molecule has 0 amide bonds. The molecule has 0 aliphatic rings. The van der Waals surface area contributed by atoms with Crippen molar-refractivity contribution in [3.05, 3.63) is 84.4 Å². The van der Waals surface area contributed by atoms with Crippen molar-refractivity contribution >= 4 is 49.9 Å². The smallest absolute Gasteiger partial charge is 0.307 e. The molecule has 9 heteroatoms. The molecule has 0 fully saturated rings. The van der Waals surface area contributed by atoms with E-state index in [9.17, 15) is 13.2 Å². The summed E-state index contributed by atoms with van der Waals surface area (Å²) in [5.74, 6) is -0.482.